The Kier molecular flexibility index (Phi) is 2.82. The molecule has 1 aliphatic carbocycles. The molecule has 2 atom stereocenters. The second-order valence-electron chi connectivity index (χ2n) is 3.93. The van der Waals surface area contributed by atoms with Crippen LogP contribution in [0.25, 0.3) is 0 Å². The smallest absolute Gasteiger partial charge is 0.386 e. The molecule has 0 spiro atoms. The fraction of sp³-hybridized carbons (Fsp3) is 0.364. The maximum atomic E-state index is 12.1. The lowest BCUT2D eigenvalue weighted by molar-refractivity contribution is -0.175. The Labute approximate surface area is 95.3 Å². The van der Waals surface area contributed by atoms with Crippen molar-refractivity contribution < 1.29 is 23.1 Å². The van der Waals surface area contributed by atoms with Gasteiger partial charge in [-0.05, 0) is 17.5 Å². The molecule has 0 aromatic heterocycles. The molecule has 0 bridgehead atoms. The van der Waals surface area contributed by atoms with Gasteiger partial charge in [0, 0.05) is 0 Å². The molecule has 2 N–H and O–H groups in total. The van der Waals surface area contributed by atoms with Crippen molar-refractivity contribution >= 4 is 5.91 Å². The van der Waals surface area contributed by atoms with Gasteiger partial charge in [0.15, 0.2) is 0 Å². The zero-order chi connectivity index (χ0) is 12.6. The summed E-state index contributed by atoms with van der Waals surface area (Å²) in [5, 5.41) is 11.6. The van der Waals surface area contributed by atoms with E-state index in [2.05, 4.69) is 0 Å². The number of carbonyl (C=O) groups excluding carboxylic acids is 1. The number of aliphatic hydroxyl groups excluding tert-OH is 1. The van der Waals surface area contributed by atoms with Crippen LogP contribution in [-0.2, 0) is 11.2 Å². The number of hydrogen-bond acceptors (Lipinski definition) is 2. The van der Waals surface area contributed by atoms with Crippen LogP contribution in [0.15, 0.2) is 24.3 Å². The van der Waals surface area contributed by atoms with E-state index in [0.29, 0.717) is 5.56 Å². The molecule has 3 nitrogen and oxygen atoms in total. The summed E-state index contributed by atoms with van der Waals surface area (Å²) in [6.45, 7) is 0. The van der Waals surface area contributed by atoms with Crippen LogP contribution in [0.1, 0.15) is 17.2 Å². The summed E-state index contributed by atoms with van der Waals surface area (Å²) >= 11 is 0. The quantitative estimate of drug-likeness (QED) is 0.784. The van der Waals surface area contributed by atoms with Crippen molar-refractivity contribution in [2.75, 3.05) is 0 Å². The van der Waals surface area contributed by atoms with E-state index in [-0.39, 0.29) is 6.42 Å². The molecule has 0 saturated heterocycles. The second-order valence-corrected chi connectivity index (χ2v) is 3.93. The zero-order valence-corrected chi connectivity index (χ0v) is 8.66. The Hall–Kier alpha value is -1.56. The highest BCUT2D eigenvalue weighted by atomic mass is 19.4. The molecule has 0 radical (unpaired) electrons. The maximum Gasteiger partial charge on any atom is 0.471 e. The molecule has 0 heterocycles. The number of carbonyl (C=O) groups is 1. The van der Waals surface area contributed by atoms with Gasteiger partial charge in [-0.25, -0.2) is 0 Å². The molecule has 2 unspecified atom stereocenters. The van der Waals surface area contributed by atoms with Crippen LogP contribution in [0.4, 0.5) is 13.2 Å². The topological polar surface area (TPSA) is 49.3 Å². The summed E-state index contributed by atoms with van der Waals surface area (Å²) in [6, 6.07) is 5.87. The van der Waals surface area contributed by atoms with E-state index in [1.165, 1.54) is 0 Å². The van der Waals surface area contributed by atoms with Crippen molar-refractivity contribution in [3.05, 3.63) is 35.4 Å². The number of alkyl halides is 3. The van der Waals surface area contributed by atoms with Gasteiger partial charge in [-0.15, -0.1) is 0 Å². The molecule has 17 heavy (non-hydrogen) atoms. The Morgan fingerprint density at radius 1 is 1.35 bits per heavy atom. The summed E-state index contributed by atoms with van der Waals surface area (Å²) in [5.41, 5.74) is 1.33. The molecular weight excluding hydrogens is 235 g/mol. The standard InChI is InChI=1S/C11H10F3NO2/c12-11(13,14)10(17)15-8-5-6-3-1-2-4-7(6)9(8)16/h1-4,8-9,16H,5H2,(H,15,17). The average Bonchev–Trinajstić information content (AvgIpc) is 2.55. The number of hydrogen-bond donors (Lipinski definition) is 2. The minimum absolute atomic E-state index is 0.208. The largest absolute Gasteiger partial charge is 0.471 e. The van der Waals surface area contributed by atoms with Crippen LogP contribution in [0.2, 0.25) is 0 Å². The van der Waals surface area contributed by atoms with Crippen LogP contribution < -0.4 is 5.32 Å². The van der Waals surface area contributed by atoms with Gasteiger partial charge in [-0.2, -0.15) is 13.2 Å². The number of rotatable bonds is 1. The normalized spacial score (nSPS) is 23.3. The van der Waals surface area contributed by atoms with Crippen molar-refractivity contribution in [1.82, 2.24) is 5.32 Å². The Morgan fingerprint density at radius 3 is 2.59 bits per heavy atom. The van der Waals surface area contributed by atoms with Crippen LogP contribution in [0.3, 0.4) is 0 Å². The van der Waals surface area contributed by atoms with Gasteiger partial charge >= 0.3 is 12.1 Å². The molecule has 1 aromatic carbocycles. The van der Waals surface area contributed by atoms with Crippen molar-refractivity contribution in [1.29, 1.82) is 0 Å². The Bertz CT molecular complexity index is 445. The van der Waals surface area contributed by atoms with Crippen molar-refractivity contribution in [3.8, 4) is 0 Å². The lowest BCUT2D eigenvalue weighted by Crippen LogP contribution is -2.44. The number of fused-ring (bicyclic) bond motifs is 1. The average molecular weight is 245 g/mol. The minimum atomic E-state index is -4.92. The van der Waals surface area contributed by atoms with E-state index in [1.54, 1.807) is 29.6 Å². The van der Waals surface area contributed by atoms with Gasteiger partial charge in [0.2, 0.25) is 0 Å². The van der Waals surface area contributed by atoms with Crippen LogP contribution in [0.5, 0.6) is 0 Å². The summed E-state index contributed by atoms with van der Waals surface area (Å²) in [6.07, 6.45) is -5.80. The van der Waals surface area contributed by atoms with Crippen LogP contribution in [0, 0.1) is 0 Å². The van der Waals surface area contributed by atoms with E-state index in [0.717, 1.165) is 5.56 Å². The summed E-state index contributed by atoms with van der Waals surface area (Å²) in [5.74, 6) is -2.02. The fourth-order valence-electron chi connectivity index (χ4n) is 1.95. The zero-order valence-electron chi connectivity index (χ0n) is 8.66. The first-order valence-electron chi connectivity index (χ1n) is 5.03. The molecule has 1 aliphatic rings. The second kappa shape index (κ2) is 4.03. The monoisotopic (exact) mass is 245 g/mol. The van der Waals surface area contributed by atoms with E-state index >= 15 is 0 Å². The Morgan fingerprint density at radius 2 is 2.00 bits per heavy atom. The fourth-order valence-corrected chi connectivity index (χ4v) is 1.95. The van der Waals surface area contributed by atoms with Gasteiger partial charge in [0.25, 0.3) is 0 Å². The highest BCUT2D eigenvalue weighted by Gasteiger charge is 2.42. The van der Waals surface area contributed by atoms with E-state index < -0.39 is 24.2 Å². The SMILES string of the molecule is O=C(NC1Cc2ccccc2C1O)C(F)(F)F. The van der Waals surface area contributed by atoms with E-state index in [1.807, 2.05) is 0 Å². The van der Waals surface area contributed by atoms with Crippen molar-refractivity contribution in [2.24, 2.45) is 0 Å². The van der Waals surface area contributed by atoms with E-state index in [4.69, 9.17) is 0 Å². The predicted molar refractivity (Wildman–Crippen MR) is 53.1 cm³/mol. The molecule has 0 aliphatic heterocycles. The third-order valence-electron chi connectivity index (χ3n) is 2.77. The van der Waals surface area contributed by atoms with Gasteiger partial charge in [0.05, 0.1) is 12.1 Å². The van der Waals surface area contributed by atoms with E-state index in [9.17, 15) is 23.1 Å². The molecule has 0 saturated carbocycles. The summed E-state index contributed by atoms with van der Waals surface area (Å²) in [4.78, 5) is 10.8. The molecular formula is C11H10F3NO2. The number of halogens is 3. The van der Waals surface area contributed by atoms with Gasteiger partial charge in [-0.3, -0.25) is 4.79 Å². The molecule has 1 amide bonds. The summed E-state index contributed by atoms with van der Waals surface area (Å²) < 4.78 is 36.2. The maximum absolute atomic E-state index is 12.1. The highest BCUT2D eigenvalue weighted by Crippen LogP contribution is 2.31. The first-order valence-corrected chi connectivity index (χ1v) is 5.03. The molecule has 1 aromatic rings. The number of nitrogens with one attached hydrogen (secondary N) is 1. The minimum Gasteiger partial charge on any atom is -0.386 e. The van der Waals surface area contributed by atoms with Gasteiger partial charge < -0.3 is 10.4 Å². The number of amides is 1. The van der Waals surface area contributed by atoms with Gasteiger partial charge in [-0.1, -0.05) is 24.3 Å². The first kappa shape index (κ1) is 11.9. The van der Waals surface area contributed by atoms with Crippen molar-refractivity contribution in [3.63, 3.8) is 0 Å². The molecule has 0 fully saturated rings. The number of benzene rings is 1. The third-order valence-corrected chi connectivity index (χ3v) is 2.77. The van der Waals surface area contributed by atoms with Gasteiger partial charge in [0.1, 0.15) is 0 Å². The molecule has 92 valence electrons. The lowest BCUT2D eigenvalue weighted by Gasteiger charge is -2.17. The molecule has 2 rings (SSSR count). The third kappa shape index (κ3) is 2.26. The molecule has 6 heteroatoms. The van der Waals surface area contributed by atoms with Crippen LogP contribution >= 0.6 is 0 Å². The predicted octanol–water partition coefficient (Wildman–Crippen LogP) is 1.32. The van der Waals surface area contributed by atoms with Crippen LogP contribution in [-0.4, -0.2) is 23.2 Å². The Balaban J connectivity index is 2.11. The van der Waals surface area contributed by atoms with Crippen molar-refractivity contribution in [2.45, 2.75) is 24.7 Å². The highest BCUT2D eigenvalue weighted by molar-refractivity contribution is 5.82. The lowest BCUT2D eigenvalue weighted by atomic mass is 10.1. The first-order chi connectivity index (χ1) is 7.89. The number of aliphatic hydroxyl groups is 1. The summed E-state index contributed by atoms with van der Waals surface area (Å²) in [7, 11) is 0.